The van der Waals surface area contributed by atoms with E-state index in [0.29, 0.717) is 23.6 Å². The van der Waals surface area contributed by atoms with Gasteiger partial charge < -0.3 is 19.9 Å². The Bertz CT molecular complexity index is 680. The van der Waals surface area contributed by atoms with Crippen molar-refractivity contribution in [2.75, 3.05) is 14.2 Å². The van der Waals surface area contributed by atoms with Gasteiger partial charge in [0.05, 0.1) is 19.8 Å². The topological polar surface area (TPSA) is 67.8 Å². The van der Waals surface area contributed by atoms with Crippen LogP contribution in [0.4, 0.5) is 0 Å². The zero-order chi connectivity index (χ0) is 17.7. The maximum Gasteiger partial charge on any atom is 0.251 e. The molecule has 2 aromatic carbocycles. The first-order valence-corrected chi connectivity index (χ1v) is 7.66. The van der Waals surface area contributed by atoms with Crippen LogP contribution in [0.3, 0.4) is 0 Å². The van der Waals surface area contributed by atoms with E-state index in [4.69, 9.17) is 9.47 Å². The second kappa shape index (κ2) is 7.36. The van der Waals surface area contributed by atoms with Crippen molar-refractivity contribution in [2.45, 2.75) is 26.0 Å². The number of aliphatic hydroxyl groups is 1. The van der Waals surface area contributed by atoms with Crippen LogP contribution in [0.15, 0.2) is 42.5 Å². The van der Waals surface area contributed by atoms with Crippen LogP contribution >= 0.6 is 0 Å². The highest BCUT2D eigenvalue weighted by Gasteiger charge is 2.15. The number of hydrogen-bond acceptors (Lipinski definition) is 4. The predicted molar refractivity (Wildman–Crippen MR) is 92.4 cm³/mol. The molecular formula is C19H23NO4. The van der Waals surface area contributed by atoms with Gasteiger partial charge in [-0.1, -0.05) is 24.3 Å². The number of amides is 1. The Labute approximate surface area is 142 Å². The first-order valence-electron chi connectivity index (χ1n) is 7.66. The van der Waals surface area contributed by atoms with Crippen LogP contribution in [0.5, 0.6) is 11.5 Å². The van der Waals surface area contributed by atoms with Crippen molar-refractivity contribution < 1.29 is 19.4 Å². The third-order valence-corrected chi connectivity index (χ3v) is 3.73. The summed E-state index contributed by atoms with van der Waals surface area (Å²) in [7, 11) is 3.08. The van der Waals surface area contributed by atoms with E-state index >= 15 is 0 Å². The minimum absolute atomic E-state index is 0.209. The zero-order valence-electron chi connectivity index (χ0n) is 14.4. The van der Waals surface area contributed by atoms with Gasteiger partial charge in [-0.05, 0) is 37.1 Å². The van der Waals surface area contributed by atoms with Crippen molar-refractivity contribution in [1.82, 2.24) is 5.32 Å². The molecule has 0 atom stereocenters. The molecule has 1 amide bonds. The van der Waals surface area contributed by atoms with Gasteiger partial charge in [0.25, 0.3) is 5.91 Å². The van der Waals surface area contributed by atoms with Crippen LogP contribution in [-0.4, -0.2) is 25.2 Å². The highest BCUT2D eigenvalue weighted by atomic mass is 16.5. The second-order valence-corrected chi connectivity index (χ2v) is 6.04. The van der Waals surface area contributed by atoms with Gasteiger partial charge >= 0.3 is 0 Å². The molecule has 0 spiro atoms. The summed E-state index contributed by atoms with van der Waals surface area (Å²) < 4.78 is 10.3. The first-order chi connectivity index (χ1) is 11.3. The van der Waals surface area contributed by atoms with Crippen LogP contribution in [0.25, 0.3) is 0 Å². The molecule has 0 fully saturated rings. The molecule has 0 radical (unpaired) electrons. The van der Waals surface area contributed by atoms with Crippen molar-refractivity contribution in [3.63, 3.8) is 0 Å². The monoisotopic (exact) mass is 329 g/mol. The third kappa shape index (κ3) is 4.49. The average molecular weight is 329 g/mol. The Morgan fingerprint density at radius 3 is 2.04 bits per heavy atom. The highest BCUT2D eigenvalue weighted by molar-refractivity contribution is 5.95. The number of benzene rings is 2. The summed E-state index contributed by atoms with van der Waals surface area (Å²) >= 11 is 0. The van der Waals surface area contributed by atoms with Gasteiger partial charge in [0.1, 0.15) is 11.5 Å². The van der Waals surface area contributed by atoms with Gasteiger partial charge in [-0.3, -0.25) is 4.79 Å². The largest absolute Gasteiger partial charge is 0.497 e. The molecule has 24 heavy (non-hydrogen) atoms. The Kier molecular flexibility index (Phi) is 5.46. The van der Waals surface area contributed by atoms with Gasteiger partial charge in [0.15, 0.2) is 0 Å². The smallest absolute Gasteiger partial charge is 0.251 e. The first kappa shape index (κ1) is 17.8. The summed E-state index contributed by atoms with van der Waals surface area (Å²) in [6, 6.07) is 12.5. The molecule has 0 saturated heterocycles. The lowest BCUT2D eigenvalue weighted by Crippen LogP contribution is -2.23. The minimum Gasteiger partial charge on any atom is -0.497 e. The standard InChI is InChI=1S/C19H23NO4/c1-19(2,22)15-7-5-13(6-8-15)12-20-18(21)14-9-16(23-3)11-17(10-14)24-4/h5-11,22H,12H2,1-4H3,(H,20,21). The molecule has 5 nitrogen and oxygen atoms in total. The summed E-state index contributed by atoms with van der Waals surface area (Å²) in [5.74, 6) is 0.918. The van der Waals surface area contributed by atoms with Gasteiger partial charge in [-0.25, -0.2) is 0 Å². The van der Waals surface area contributed by atoms with E-state index in [9.17, 15) is 9.90 Å². The van der Waals surface area contributed by atoms with Crippen LogP contribution in [-0.2, 0) is 12.1 Å². The predicted octanol–water partition coefficient (Wildman–Crippen LogP) is 2.86. The molecule has 2 N–H and O–H groups in total. The molecule has 0 aliphatic carbocycles. The molecule has 0 unspecified atom stereocenters. The molecule has 5 heteroatoms. The fraction of sp³-hybridized carbons (Fsp3) is 0.316. The maximum atomic E-state index is 12.3. The number of carbonyl (C=O) groups excluding carboxylic acids is 1. The summed E-state index contributed by atoms with van der Waals surface area (Å²) in [6.07, 6.45) is 0. The van der Waals surface area contributed by atoms with Crippen LogP contribution in [0.1, 0.15) is 35.3 Å². The van der Waals surface area contributed by atoms with Crippen LogP contribution in [0.2, 0.25) is 0 Å². The van der Waals surface area contributed by atoms with E-state index < -0.39 is 5.60 Å². The van der Waals surface area contributed by atoms with Crippen molar-refractivity contribution in [3.05, 3.63) is 59.2 Å². The fourth-order valence-corrected chi connectivity index (χ4v) is 2.25. The van der Waals surface area contributed by atoms with E-state index in [1.54, 1.807) is 46.3 Å². The molecule has 0 aliphatic rings. The number of rotatable bonds is 6. The van der Waals surface area contributed by atoms with E-state index in [0.717, 1.165) is 11.1 Å². The van der Waals surface area contributed by atoms with Crippen LogP contribution < -0.4 is 14.8 Å². The normalized spacial score (nSPS) is 11.0. The Hall–Kier alpha value is -2.53. The molecule has 128 valence electrons. The number of methoxy groups -OCH3 is 2. The number of hydrogen-bond donors (Lipinski definition) is 2. The molecule has 0 heterocycles. The molecular weight excluding hydrogens is 306 g/mol. The number of ether oxygens (including phenoxy) is 2. The Morgan fingerprint density at radius 2 is 1.58 bits per heavy atom. The molecule has 2 rings (SSSR count). The molecule has 0 saturated carbocycles. The van der Waals surface area contributed by atoms with Crippen molar-refractivity contribution in [2.24, 2.45) is 0 Å². The van der Waals surface area contributed by atoms with Gasteiger partial charge in [0.2, 0.25) is 0 Å². The Balaban J connectivity index is 2.05. The summed E-state index contributed by atoms with van der Waals surface area (Å²) in [5.41, 5.74) is 1.37. The fourth-order valence-electron chi connectivity index (χ4n) is 2.25. The maximum absolute atomic E-state index is 12.3. The summed E-state index contributed by atoms with van der Waals surface area (Å²) in [6.45, 7) is 3.87. The lowest BCUT2D eigenvalue weighted by molar-refractivity contribution is 0.0785. The Morgan fingerprint density at radius 1 is 1.04 bits per heavy atom. The quantitative estimate of drug-likeness (QED) is 0.855. The van der Waals surface area contributed by atoms with E-state index in [1.807, 2.05) is 24.3 Å². The lowest BCUT2D eigenvalue weighted by atomic mass is 9.97. The average Bonchev–Trinajstić information content (AvgIpc) is 2.58. The molecule has 0 aromatic heterocycles. The molecule has 0 aliphatic heterocycles. The van der Waals surface area contributed by atoms with E-state index in [2.05, 4.69) is 5.32 Å². The van der Waals surface area contributed by atoms with Crippen molar-refractivity contribution >= 4 is 5.91 Å². The van der Waals surface area contributed by atoms with Crippen molar-refractivity contribution in [3.8, 4) is 11.5 Å². The molecule has 0 bridgehead atoms. The SMILES string of the molecule is COc1cc(OC)cc(C(=O)NCc2ccc(C(C)(C)O)cc2)c1. The third-order valence-electron chi connectivity index (χ3n) is 3.73. The van der Waals surface area contributed by atoms with Crippen LogP contribution in [0, 0.1) is 0 Å². The van der Waals surface area contributed by atoms with E-state index in [-0.39, 0.29) is 5.91 Å². The second-order valence-electron chi connectivity index (χ2n) is 6.04. The lowest BCUT2D eigenvalue weighted by Gasteiger charge is -2.18. The van der Waals surface area contributed by atoms with Gasteiger partial charge in [-0.2, -0.15) is 0 Å². The minimum atomic E-state index is -0.876. The number of nitrogens with one attached hydrogen (secondary N) is 1. The van der Waals surface area contributed by atoms with Crippen molar-refractivity contribution in [1.29, 1.82) is 0 Å². The highest BCUT2D eigenvalue weighted by Crippen LogP contribution is 2.23. The van der Waals surface area contributed by atoms with E-state index in [1.165, 1.54) is 0 Å². The van der Waals surface area contributed by atoms with Gasteiger partial charge in [0, 0.05) is 18.2 Å². The summed E-state index contributed by atoms with van der Waals surface area (Å²) in [4.78, 5) is 12.3. The zero-order valence-corrected chi connectivity index (χ0v) is 14.4. The van der Waals surface area contributed by atoms with Gasteiger partial charge in [-0.15, -0.1) is 0 Å². The number of carbonyl (C=O) groups is 1. The molecule has 2 aromatic rings. The summed E-state index contributed by atoms with van der Waals surface area (Å²) in [5, 5.41) is 12.8.